The summed E-state index contributed by atoms with van der Waals surface area (Å²) in [7, 11) is 0. The first-order valence-electron chi connectivity index (χ1n) is 7.47. The molecule has 1 N–H and O–H groups in total. The maximum Gasteiger partial charge on any atom is 0.0947 e. The van der Waals surface area contributed by atoms with Crippen LogP contribution >= 0.6 is 0 Å². The first-order chi connectivity index (χ1) is 9.00. The van der Waals surface area contributed by atoms with Gasteiger partial charge in [-0.25, -0.2) is 0 Å². The lowest BCUT2D eigenvalue weighted by atomic mass is 9.92. The standard InChI is InChI=1S/C17H27NO/c1-12(2)16(18-10-13(3)14(4)11-18)17(19)15-8-6-5-7-9-15/h5-9,12-14,16-17,19H,10-11H2,1-4H3. The molecule has 1 fully saturated rings. The zero-order valence-electron chi connectivity index (χ0n) is 12.6. The minimum atomic E-state index is -0.390. The van der Waals surface area contributed by atoms with Gasteiger partial charge in [0.1, 0.15) is 0 Å². The molecule has 0 aliphatic carbocycles. The van der Waals surface area contributed by atoms with Gasteiger partial charge in [0.15, 0.2) is 0 Å². The van der Waals surface area contributed by atoms with E-state index in [1.807, 2.05) is 30.3 Å². The Morgan fingerprint density at radius 2 is 1.58 bits per heavy atom. The summed E-state index contributed by atoms with van der Waals surface area (Å²) in [5.41, 5.74) is 1.04. The number of aliphatic hydroxyl groups is 1. The lowest BCUT2D eigenvalue weighted by molar-refractivity contribution is 0.0324. The van der Waals surface area contributed by atoms with Gasteiger partial charge >= 0.3 is 0 Å². The molecule has 1 aromatic rings. The Hall–Kier alpha value is -0.860. The Labute approximate surface area is 117 Å². The first-order valence-corrected chi connectivity index (χ1v) is 7.47. The molecule has 2 rings (SSSR count). The van der Waals surface area contributed by atoms with E-state index in [0.717, 1.165) is 30.5 Å². The van der Waals surface area contributed by atoms with E-state index in [9.17, 15) is 5.11 Å². The van der Waals surface area contributed by atoms with Crippen molar-refractivity contribution < 1.29 is 5.11 Å². The molecule has 1 heterocycles. The number of hydrogen-bond donors (Lipinski definition) is 1. The molecule has 2 heteroatoms. The molecule has 0 saturated carbocycles. The fourth-order valence-corrected chi connectivity index (χ4v) is 3.25. The quantitative estimate of drug-likeness (QED) is 0.898. The van der Waals surface area contributed by atoms with Crippen molar-refractivity contribution in [2.75, 3.05) is 13.1 Å². The summed E-state index contributed by atoms with van der Waals surface area (Å²) in [6.45, 7) is 11.3. The summed E-state index contributed by atoms with van der Waals surface area (Å²) in [4.78, 5) is 2.48. The number of likely N-dealkylation sites (tertiary alicyclic amines) is 1. The van der Waals surface area contributed by atoms with Gasteiger partial charge in [-0.3, -0.25) is 4.90 Å². The smallest absolute Gasteiger partial charge is 0.0947 e. The molecule has 2 nitrogen and oxygen atoms in total. The van der Waals surface area contributed by atoms with Gasteiger partial charge in [-0.1, -0.05) is 58.0 Å². The van der Waals surface area contributed by atoms with Crippen LogP contribution < -0.4 is 0 Å². The number of aliphatic hydroxyl groups excluding tert-OH is 1. The van der Waals surface area contributed by atoms with Gasteiger partial charge in [0.2, 0.25) is 0 Å². The van der Waals surface area contributed by atoms with E-state index in [-0.39, 0.29) is 6.04 Å². The number of hydrogen-bond acceptors (Lipinski definition) is 2. The van der Waals surface area contributed by atoms with E-state index in [1.54, 1.807) is 0 Å². The van der Waals surface area contributed by atoms with Crippen LogP contribution in [0.5, 0.6) is 0 Å². The molecule has 106 valence electrons. The Bertz CT molecular complexity index is 380. The molecular formula is C17H27NO. The highest BCUT2D eigenvalue weighted by molar-refractivity contribution is 5.19. The second-order valence-corrected chi connectivity index (χ2v) is 6.50. The van der Waals surface area contributed by atoms with Crippen molar-refractivity contribution in [2.24, 2.45) is 17.8 Å². The molecule has 4 unspecified atom stereocenters. The minimum Gasteiger partial charge on any atom is -0.387 e. The Morgan fingerprint density at radius 3 is 2.05 bits per heavy atom. The van der Waals surface area contributed by atoms with Crippen molar-refractivity contribution in [1.29, 1.82) is 0 Å². The molecular weight excluding hydrogens is 234 g/mol. The van der Waals surface area contributed by atoms with Crippen LogP contribution in [0.2, 0.25) is 0 Å². The topological polar surface area (TPSA) is 23.5 Å². The van der Waals surface area contributed by atoms with Crippen LogP contribution in [-0.4, -0.2) is 29.1 Å². The molecule has 1 saturated heterocycles. The van der Waals surface area contributed by atoms with E-state index in [1.165, 1.54) is 0 Å². The van der Waals surface area contributed by atoms with Gasteiger partial charge in [-0.15, -0.1) is 0 Å². The molecule has 0 amide bonds. The van der Waals surface area contributed by atoms with Crippen LogP contribution in [0.1, 0.15) is 39.4 Å². The first kappa shape index (κ1) is 14.5. The Morgan fingerprint density at radius 1 is 1.05 bits per heavy atom. The third kappa shape index (κ3) is 3.18. The van der Waals surface area contributed by atoms with Gasteiger partial charge in [-0.2, -0.15) is 0 Å². The monoisotopic (exact) mass is 261 g/mol. The van der Waals surface area contributed by atoms with Gasteiger partial charge in [-0.05, 0) is 23.3 Å². The van der Waals surface area contributed by atoms with Crippen LogP contribution in [0.4, 0.5) is 0 Å². The van der Waals surface area contributed by atoms with Crippen LogP contribution in [0.25, 0.3) is 0 Å². The molecule has 1 aliphatic rings. The van der Waals surface area contributed by atoms with E-state index >= 15 is 0 Å². The van der Waals surface area contributed by atoms with E-state index in [0.29, 0.717) is 5.92 Å². The van der Waals surface area contributed by atoms with Gasteiger partial charge < -0.3 is 5.11 Å². The molecule has 4 atom stereocenters. The second-order valence-electron chi connectivity index (χ2n) is 6.50. The summed E-state index contributed by atoms with van der Waals surface area (Å²) in [5, 5.41) is 10.7. The van der Waals surface area contributed by atoms with Crippen molar-refractivity contribution in [1.82, 2.24) is 4.90 Å². The second kappa shape index (κ2) is 6.06. The lowest BCUT2D eigenvalue weighted by Crippen LogP contribution is -2.42. The highest BCUT2D eigenvalue weighted by Crippen LogP contribution is 2.32. The third-order valence-electron chi connectivity index (χ3n) is 4.59. The average molecular weight is 261 g/mol. The van der Waals surface area contributed by atoms with Crippen molar-refractivity contribution >= 4 is 0 Å². The van der Waals surface area contributed by atoms with Crippen LogP contribution in [0.3, 0.4) is 0 Å². The summed E-state index contributed by atoms with van der Waals surface area (Å²) in [5.74, 6) is 1.90. The van der Waals surface area contributed by atoms with E-state index < -0.39 is 6.10 Å². The third-order valence-corrected chi connectivity index (χ3v) is 4.59. The fourth-order valence-electron chi connectivity index (χ4n) is 3.25. The minimum absolute atomic E-state index is 0.217. The maximum absolute atomic E-state index is 10.7. The van der Waals surface area contributed by atoms with Crippen LogP contribution in [0, 0.1) is 17.8 Å². The Kier molecular flexibility index (Phi) is 4.64. The number of nitrogens with zero attached hydrogens (tertiary/aromatic N) is 1. The van der Waals surface area contributed by atoms with Crippen molar-refractivity contribution in [3.8, 4) is 0 Å². The summed E-state index contributed by atoms with van der Waals surface area (Å²) in [6, 6.07) is 10.3. The molecule has 0 bridgehead atoms. The summed E-state index contributed by atoms with van der Waals surface area (Å²) < 4.78 is 0. The summed E-state index contributed by atoms with van der Waals surface area (Å²) in [6.07, 6.45) is -0.390. The zero-order chi connectivity index (χ0) is 14.0. The largest absolute Gasteiger partial charge is 0.387 e. The predicted molar refractivity (Wildman–Crippen MR) is 79.9 cm³/mol. The molecule has 0 spiro atoms. The van der Waals surface area contributed by atoms with Crippen LogP contribution in [-0.2, 0) is 0 Å². The molecule has 0 radical (unpaired) electrons. The van der Waals surface area contributed by atoms with E-state index in [4.69, 9.17) is 0 Å². The molecule has 1 aliphatic heterocycles. The van der Waals surface area contributed by atoms with Gasteiger partial charge in [0.25, 0.3) is 0 Å². The average Bonchev–Trinajstić information content (AvgIpc) is 2.70. The van der Waals surface area contributed by atoms with E-state index in [2.05, 4.69) is 32.6 Å². The zero-order valence-corrected chi connectivity index (χ0v) is 12.6. The molecule has 1 aromatic carbocycles. The summed E-state index contributed by atoms with van der Waals surface area (Å²) >= 11 is 0. The van der Waals surface area contributed by atoms with Gasteiger partial charge in [0.05, 0.1) is 6.10 Å². The molecule has 0 aromatic heterocycles. The van der Waals surface area contributed by atoms with Gasteiger partial charge in [0, 0.05) is 19.1 Å². The highest BCUT2D eigenvalue weighted by atomic mass is 16.3. The predicted octanol–water partition coefficient (Wildman–Crippen LogP) is 3.33. The van der Waals surface area contributed by atoms with Crippen molar-refractivity contribution in [3.63, 3.8) is 0 Å². The lowest BCUT2D eigenvalue weighted by Gasteiger charge is -2.35. The van der Waals surface area contributed by atoms with Crippen molar-refractivity contribution in [2.45, 2.75) is 39.8 Å². The molecule has 19 heavy (non-hydrogen) atoms. The van der Waals surface area contributed by atoms with Crippen molar-refractivity contribution in [3.05, 3.63) is 35.9 Å². The number of benzene rings is 1. The maximum atomic E-state index is 10.7. The SMILES string of the molecule is CC(C)C(C(O)c1ccccc1)N1CC(C)C(C)C1. The van der Waals surface area contributed by atoms with Crippen LogP contribution in [0.15, 0.2) is 30.3 Å². The normalized spacial score (nSPS) is 27.7. The number of rotatable bonds is 4. The fraction of sp³-hybridized carbons (Fsp3) is 0.647. The Balaban J connectivity index is 2.17. The highest BCUT2D eigenvalue weighted by Gasteiger charge is 2.36.